The van der Waals surface area contributed by atoms with E-state index in [2.05, 4.69) is 15.7 Å². The molecule has 0 bridgehead atoms. The number of rotatable bonds is 5. The minimum Gasteiger partial charge on any atom is -0.495 e. The van der Waals surface area contributed by atoms with Crippen LogP contribution in [0.1, 0.15) is 5.56 Å². The van der Waals surface area contributed by atoms with Gasteiger partial charge in [0.25, 0.3) is 11.8 Å². The Morgan fingerprint density at radius 2 is 1.90 bits per heavy atom. The van der Waals surface area contributed by atoms with E-state index in [4.69, 9.17) is 16.3 Å². The van der Waals surface area contributed by atoms with Crippen molar-refractivity contribution in [3.63, 3.8) is 0 Å². The molecule has 0 aliphatic carbocycles. The summed E-state index contributed by atoms with van der Waals surface area (Å²) in [6, 6.07) is 9.96. The first kappa shape index (κ1) is 19.8. The number of methoxy groups -OCH3 is 1. The number of imide groups is 1. The maximum atomic E-state index is 12.9. The molecule has 2 atom stereocenters. The highest BCUT2D eigenvalue weighted by atomic mass is 35.5. The van der Waals surface area contributed by atoms with E-state index in [9.17, 15) is 14.4 Å². The van der Waals surface area contributed by atoms with Gasteiger partial charge in [-0.05, 0) is 37.3 Å². The van der Waals surface area contributed by atoms with E-state index in [0.29, 0.717) is 22.1 Å². The van der Waals surface area contributed by atoms with Gasteiger partial charge in [0.15, 0.2) is 12.1 Å². The highest BCUT2D eigenvalue weighted by Gasteiger charge is 2.55. The Morgan fingerprint density at radius 3 is 2.57 bits per heavy atom. The van der Waals surface area contributed by atoms with Crippen LogP contribution in [0.25, 0.3) is 0 Å². The molecule has 4 rings (SSSR count). The fourth-order valence-electron chi connectivity index (χ4n) is 3.39. The molecule has 1 fully saturated rings. The smallest absolute Gasteiger partial charge is 0.263 e. The third kappa shape index (κ3) is 3.48. The van der Waals surface area contributed by atoms with Crippen molar-refractivity contribution < 1.29 is 19.1 Å². The Hall–Kier alpha value is -3.46. The van der Waals surface area contributed by atoms with E-state index in [1.165, 1.54) is 12.1 Å². The first-order chi connectivity index (χ1) is 14.4. The van der Waals surface area contributed by atoms with Crippen LogP contribution in [0.4, 0.5) is 11.4 Å². The Morgan fingerprint density at radius 1 is 1.17 bits per heavy atom. The van der Waals surface area contributed by atoms with Gasteiger partial charge in [-0.1, -0.05) is 34.5 Å². The summed E-state index contributed by atoms with van der Waals surface area (Å²) in [5.41, 5.74) is 1.95. The Labute approximate surface area is 177 Å². The molecule has 2 aromatic rings. The van der Waals surface area contributed by atoms with Crippen LogP contribution in [-0.2, 0) is 14.4 Å². The normalized spacial score (nSPS) is 20.0. The summed E-state index contributed by atoms with van der Waals surface area (Å²) in [4.78, 5) is 39.2. The van der Waals surface area contributed by atoms with Crippen molar-refractivity contribution >= 4 is 40.7 Å². The molecule has 0 radical (unpaired) electrons. The molecule has 0 unspecified atom stereocenters. The second kappa shape index (κ2) is 7.75. The van der Waals surface area contributed by atoms with Gasteiger partial charge in [-0.2, -0.15) is 5.11 Å². The molecule has 0 aromatic heterocycles. The summed E-state index contributed by atoms with van der Waals surface area (Å²) in [5, 5.41) is 12.1. The van der Waals surface area contributed by atoms with Gasteiger partial charge in [-0.15, -0.1) is 0 Å². The molecule has 2 aliphatic rings. The maximum absolute atomic E-state index is 12.9. The molecule has 1 N–H and O–H groups in total. The fraction of sp³-hybridized carbons (Fsp3) is 0.250. The van der Waals surface area contributed by atoms with Gasteiger partial charge in [0.1, 0.15) is 12.3 Å². The van der Waals surface area contributed by atoms with Gasteiger partial charge in [0, 0.05) is 5.69 Å². The van der Waals surface area contributed by atoms with E-state index in [0.717, 1.165) is 10.5 Å². The number of nitrogens with one attached hydrogen (secondary N) is 1. The molecule has 2 aliphatic heterocycles. The molecular weight excluding hydrogens is 410 g/mol. The molecule has 0 spiro atoms. The van der Waals surface area contributed by atoms with Crippen LogP contribution in [0, 0.1) is 6.92 Å². The van der Waals surface area contributed by atoms with E-state index in [1.54, 1.807) is 30.3 Å². The Balaban J connectivity index is 1.46. The van der Waals surface area contributed by atoms with Gasteiger partial charge in [-0.3, -0.25) is 19.4 Å². The largest absolute Gasteiger partial charge is 0.495 e. The summed E-state index contributed by atoms with van der Waals surface area (Å²) in [7, 11) is 1.49. The number of fused-ring (bicyclic) bond motifs is 1. The average Bonchev–Trinajstić information content (AvgIpc) is 3.23. The SMILES string of the molecule is COc1ccc(NC(=O)CN2N=N[C@H]3C(=O)N(c4ccc(C)cc4)C(=O)[C@@H]32)cc1Cl. The van der Waals surface area contributed by atoms with Crippen molar-refractivity contribution in [1.82, 2.24) is 5.01 Å². The molecule has 2 heterocycles. The number of carbonyl (C=O) groups is 3. The maximum Gasteiger partial charge on any atom is 0.263 e. The van der Waals surface area contributed by atoms with E-state index in [1.807, 2.05) is 19.1 Å². The van der Waals surface area contributed by atoms with Gasteiger partial charge in [0.2, 0.25) is 5.91 Å². The fourth-order valence-corrected chi connectivity index (χ4v) is 3.65. The molecule has 2 aromatic carbocycles. The second-order valence-corrected chi connectivity index (χ2v) is 7.34. The van der Waals surface area contributed by atoms with Crippen LogP contribution < -0.4 is 15.0 Å². The lowest BCUT2D eigenvalue weighted by Crippen LogP contribution is -2.43. The molecule has 30 heavy (non-hydrogen) atoms. The summed E-state index contributed by atoms with van der Waals surface area (Å²) < 4.78 is 5.08. The lowest BCUT2D eigenvalue weighted by Gasteiger charge is -2.20. The van der Waals surface area contributed by atoms with Gasteiger partial charge >= 0.3 is 0 Å². The van der Waals surface area contributed by atoms with E-state index >= 15 is 0 Å². The molecule has 1 saturated heterocycles. The summed E-state index contributed by atoms with van der Waals surface area (Å²) in [6.45, 7) is 1.67. The van der Waals surface area contributed by atoms with Crippen LogP contribution in [0.5, 0.6) is 5.75 Å². The second-order valence-electron chi connectivity index (χ2n) is 6.94. The van der Waals surface area contributed by atoms with Crippen molar-refractivity contribution in [2.45, 2.75) is 19.0 Å². The van der Waals surface area contributed by atoms with Crippen LogP contribution in [0.3, 0.4) is 0 Å². The number of amides is 3. The molecule has 10 heteroatoms. The standard InChI is InChI=1S/C20H18ClN5O4/c1-11-3-6-13(7-4-11)26-19(28)17-18(20(26)29)25(24-23-17)10-16(27)22-12-5-8-15(30-2)14(21)9-12/h3-9,17-18H,10H2,1-2H3,(H,22,27)/t17-,18-/m1/s1. The topological polar surface area (TPSA) is 104 Å². The van der Waals surface area contributed by atoms with Crippen LogP contribution in [-0.4, -0.2) is 48.5 Å². The van der Waals surface area contributed by atoms with E-state index < -0.39 is 29.8 Å². The summed E-state index contributed by atoms with van der Waals surface area (Å²) in [5.74, 6) is -0.858. The number of hydrogen-bond donors (Lipinski definition) is 1. The predicted octanol–water partition coefficient (Wildman–Crippen LogP) is 2.59. The minimum absolute atomic E-state index is 0.241. The van der Waals surface area contributed by atoms with Crippen molar-refractivity contribution in [3.8, 4) is 5.75 Å². The zero-order valence-electron chi connectivity index (χ0n) is 16.2. The number of nitrogens with zero attached hydrogens (tertiary/aromatic N) is 4. The molecular formula is C20H18ClN5O4. The van der Waals surface area contributed by atoms with Crippen molar-refractivity contribution in [1.29, 1.82) is 0 Å². The van der Waals surface area contributed by atoms with Gasteiger partial charge < -0.3 is 10.1 Å². The number of aryl methyl sites for hydroxylation is 1. The number of anilines is 2. The Kier molecular flexibility index (Phi) is 5.13. The molecule has 154 valence electrons. The first-order valence-corrected chi connectivity index (χ1v) is 9.52. The first-order valence-electron chi connectivity index (χ1n) is 9.14. The third-order valence-electron chi connectivity index (χ3n) is 4.89. The highest BCUT2D eigenvalue weighted by molar-refractivity contribution is 6.32. The van der Waals surface area contributed by atoms with Crippen molar-refractivity contribution in [2.75, 3.05) is 23.9 Å². The number of hydrogen-bond acceptors (Lipinski definition) is 7. The predicted molar refractivity (Wildman–Crippen MR) is 109 cm³/mol. The zero-order valence-corrected chi connectivity index (χ0v) is 17.0. The minimum atomic E-state index is -0.956. The van der Waals surface area contributed by atoms with Gasteiger partial charge in [-0.25, -0.2) is 4.90 Å². The summed E-state index contributed by atoms with van der Waals surface area (Å²) in [6.07, 6.45) is 0. The number of halogens is 1. The highest BCUT2D eigenvalue weighted by Crippen LogP contribution is 2.32. The van der Waals surface area contributed by atoms with Gasteiger partial charge in [0.05, 0.1) is 17.8 Å². The molecule has 0 saturated carbocycles. The monoisotopic (exact) mass is 427 g/mol. The lowest BCUT2D eigenvalue weighted by molar-refractivity contribution is -0.123. The Bertz CT molecular complexity index is 1060. The number of ether oxygens (including phenoxy) is 1. The molecule has 3 amide bonds. The quantitative estimate of drug-likeness (QED) is 0.738. The van der Waals surface area contributed by atoms with Crippen LogP contribution >= 0.6 is 11.6 Å². The number of benzene rings is 2. The summed E-state index contributed by atoms with van der Waals surface area (Å²) >= 11 is 6.07. The van der Waals surface area contributed by atoms with Crippen LogP contribution in [0.2, 0.25) is 5.02 Å². The van der Waals surface area contributed by atoms with Crippen LogP contribution in [0.15, 0.2) is 52.8 Å². The average molecular weight is 428 g/mol. The van der Waals surface area contributed by atoms with Crippen molar-refractivity contribution in [2.24, 2.45) is 10.3 Å². The third-order valence-corrected chi connectivity index (χ3v) is 5.19. The molecule has 9 nitrogen and oxygen atoms in total. The zero-order chi connectivity index (χ0) is 21.4. The van der Waals surface area contributed by atoms with Crippen molar-refractivity contribution in [3.05, 3.63) is 53.1 Å². The van der Waals surface area contributed by atoms with E-state index in [-0.39, 0.29) is 6.54 Å². The number of carbonyl (C=O) groups excluding carboxylic acids is 3. The lowest BCUT2D eigenvalue weighted by atomic mass is 10.1.